The fourth-order valence-electron chi connectivity index (χ4n) is 12.5. The lowest BCUT2D eigenvalue weighted by Gasteiger charge is -2.72. The van der Waals surface area contributed by atoms with Crippen LogP contribution in [0.25, 0.3) is 0 Å². The molecule has 9 atom stereocenters. The second-order valence-electron chi connectivity index (χ2n) is 17.8. The predicted molar refractivity (Wildman–Crippen MR) is 173 cm³/mol. The van der Waals surface area contributed by atoms with Crippen LogP contribution in [0.4, 0.5) is 0 Å². The molecule has 2 nitrogen and oxygen atoms in total. The van der Waals surface area contributed by atoms with E-state index in [-0.39, 0.29) is 22.3 Å². The van der Waals surface area contributed by atoms with Crippen molar-refractivity contribution in [3.8, 4) is 0 Å². The first-order chi connectivity index (χ1) is 18.5. The van der Waals surface area contributed by atoms with Gasteiger partial charge in [-0.25, -0.2) is 0 Å². The van der Waals surface area contributed by atoms with Crippen molar-refractivity contribution in [2.75, 3.05) is 0 Å². The largest absolute Gasteiger partial charge is 0.413 e. The molecule has 0 amide bonds. The molecule has 5 aliphatic carbocycles. The minimum atomic E-state index is -1.63. The van der Waals surface area contributed by atoms with E-state index in [1.165, 1.54) is 82.3 Å². The number of aliphatic hydroxyl groups is 1. The molecule has 0 aromatic rings. The van der Waals surface area contributed by atoms with Gasteiger partial charge in [0.1, 0.15) is 0 Å². The fraction of sp³-hybridized carbons (Fsp3) is 0.946. The number of allylic oxidation sites excluding steroid dienone is 2. The van der Waals surface area contributed by atoms with Gasteiger partial charge < -0.3 is 9.53 Å². The Hall–Kier alpha value is -0.123. The zero-order valence-electron chi connectivity index (χ0n) is 28.5. The summed E-state index contributed by atoms with van der Waals surface area (Å²) in [7, 11) is -1.63. The molecule has 4 saturated carbocycles. The summed E-state index contributed by atoms with van der Waals surface area (Å²) >= 11 is 0. The van der Waals surface area contributed by atoms with E-state index in [9.17, 15) is 5.11 Å². The van der Waals surface area contributed by atoms with Gasteiger partial charge in [-0.3, -0.25) is 0 Å². The summed E-state index contributed by atoms with van der Waals surface area (Å²) in [5.41, 5.74) is 3.45. The van der Waals surface area contributed by atoms with Gasteiger partial charge in [0, 0.05) is 5.41 Å². The maximum Gasteiger partial charge on any atom is 0.192 e. The zero-order valence-corrected chi connectivity index (χ0v) is 29.5. The van der Waals surface area contributed by atoms with Gasteiger partial charge in [-0.1, -0.05) is 80.9 Å². The van der Waals surface area contributed by atoms with Crippen LogP contribution in [-0.2, 0) is 4.43 Å². The summed E-state index contributed by atoms with van der Waals surface area (Å²) in [6.07, 6.45) is 15.7. The molecule has 0 aliphatic heterocycles. The van der Waals surface area contributed by atoms with E-state index in [1.54, 1.807) is 5.57 Å². The Balaban J connectivity index is 1.50. The van der Waals surface area contributed by atoms with E-state index in [1.807, 2.05) is 0 Å². The number of hydrogen-bond donors (Lipinski definition) is 1. The highest BCUT2D eigenvalue weighted by Gasteiger charge is 2.69. The number of fused-ring (bicyclic) bond motifs is 7. The van der Waals surface area contributed by atoms with Gasteiger partial charge in [-0.05, 0) is 134 Å². The molecule has 3 heteroatoms. The molecule has 0 spiro atoms. The molecule has 5 aliphatic rings. The smallest absolute Gasteiger partial charge is 0.192 e. The number of aliphatic hydroxyl groups excluding tert-OH is 1. The number of rotatable bonds is 6. The average molecular weight is 571 g/mol. The molecule has 0 radical (unpaired) electrons. The first-order valence-electron chi connectivity index (χ1n) is 17.6. The number of hydrogen-bond acceptors (Lipinski definition) is 2. The molecule has 0 aromatic carbocycles. The van der Waals surface area contributed by atoms with Crippen molar-refractivity contribution in [2.24, 2.45) is 50.2 Å². The maximum atomic E-state index is 11.3. The molecule has 230 valence electrons. The van der Waals surface area contributed by atoms with Crippen molar-refractivity contribution >= 4 is 8.32 Å². The Morgan fingerprint density at radius 3 is 2.08 bits per heavy atom. The van der Waals surface area contributed by atoms with Gasteiger partial charge in [0.2, 0.25) is 0 Å². The lowest BCUT2D eigenvalue weighted by molar-refractivity contribution is -0.205. The SMILES string of the molecule is CC[Si](CC)(CC)OC1CC[C@@]2(C)C(CC[C@]3(C)C2CC=C2[C@@H]4CC(C)(C)CCC4([C@@H](C)O)CC[C@@]23C)C1(C)C. The van der Waals surface area contributed by atoms with Crippen LogP contribution in [0.15, 0.2) is 11.6 Å². The van der Waals surface area contributed by atoms with Crippen LogP contribution in [0.5, 0.6) is 0 Å². The van der Waals surface area contributed by atoms with E-state index in [0.717, 1.165) is 11.8 Å². The second-order valence-corrected chi connectivity index (χ2v) is 22.6. The summed E-state index contributed by atoms with van der Waals surface area (Å²) in [5, 5.41) is 11.3. The minimum Gasteiger partial charge on any atom is -0.413 e. The third-order valence-electron chi connectivity index (χ3n) is 15.8. The van der Waals surface area contributed by atoms with Crippen LogP contribution >= 0.6 is 0 Å². The lowest BCUT2D eigenvalue weighted by Crippen LogP contribution is -2.65. The van der Waals surface area contributed by atoms with E-state index in [4.69, 9.17) is 4.43 Å². The maximum absolute atomic E-state index is 11.3. The van der Waals surface area contributed by atoms with Gasteiger partial charge >= 0.3 is 0 Å². The minimum absolute atomic E-state index is 0.0940. The second kappa shape index (κ2) is 9.95. The molecule has 1 N–H and O–H groups in total. The van der Waals surface area contributed by atoms with Crippen molar-refractivity contribution < 1.29 is 9.53 Å². The Bertz CT molecular complexity index is 984. The van der Waals surface area contributed by atoms with Crippen molar-refractivity contribution in [3.63, 3.8) is 0 Å². The summed E-state index contributed by atoms with van der Waals surface area (Å²) in [4.78, 5) is 0. The highest BCUT2D eigenvalue weighted by molar-refractivity contribution is 6.73. The van der Waals surface area contributed by atoms with Crippen molar-refractivity contribution in [1.29, 1.82) is 0 Å². The molecule has 0 bridgehead atoms. The third kappa shape index (κ3) is 4.19. The summed E-state index contributed by atoms with van der Waals surface area (Å²) < 4.78 is 7.32. The van der Waals surface area contributed by atoms with Gasteiger partial charge in [-0.15, -0.1) is 0 Å². The molecular formula is C37H66O2Si. The molecule has 0 heterocycles. The molecule has 4 unspecified atom stereocenters. The molecule has 40 heavy (non-hydrogen) atoms. The summed E-state index contributed by atoms with van der Waals surface area (Å²) in [5.74, 6) is 2.03. The van der Waals surface area contributed by atoms with Crippen LogP contribution in [0.3, 0.4) is 0 Å². The average Bonchev–Trinajstić information content (AvgIpc) is 2.88. The zero-order chi connectivity index (χ0) is 29.6. The molecule has 5 rings (SSSR count). The van der Waals surface area contributed by atoms with E-state index >= 15 is 0 Å². The van der Waals surface area contributed by atoms with E-state index in [2.05, 4.69) is 82.2 Å². The Morgan fingerprint density at radius 2 is 1.48 bits per heavy atom. The highest BCUT2D eigenvalue weighted by atomic mass is 28.4. The Labute approximate surface area is 250 Å². The molecule has 0 aromatic heterocycles. The summed E-state index contributed by atoms with van der Waals surface area (Å²) in [6.45, 7) is 27.6. The van der Waals surface area contributed by atoms with Crippen LogP contribution in [-0.4, -0.2) is 25.6 Å². The van der Waals surface area contributed by atoms with E-state index in [0.29, 0.717) is 28.3 Å². The van der Waals surface area contributed by atoms with Gasteiger partial charge in [0.05, 0.1) is 12.2 Å². The van der Waals surface area contributed by atoms with Gasteiger partial charge in [0.15, 0.2) is 8.32 Å². The summed E-state index contributed by atoms with van der Waals surface area (Å²) in [6, 6.07) is 3.77. The monoisotopic (exact) mass is 570 g/mol. The molecule has 0 saturated heterocycles. The van der Waals surface area contributed by atoms with Crippen molar-refractivity contribution in [3.05, 3.63) is 11.6 Å². The topological polar surface area (TPSA) is 29.5 Å². The Morgan fingerprint density at radius 1 is 0.850 bits per heavy atom. The van der Waals surface area contributed by atoms with Crippen LogP contribution in [0, 0.1) is 50.2 Å². The first kappa shape index (κ1) is 31.3. The third-order valence-corrected chi connectivity index (χ3v) is 20.4. The van der Waals surface area contributed by atoms with Crippen LogP contribution in [0.1, 0.15) is 140 Å². The molecule has 4 fully saturated rings. The Kier molecular flexibility index (Phi) is 7.79. The van der Waals surface area contributed by atoms with E-state index < -0.39 is 8.32 Å². The van der Waals surface area contributed by atoms with Crippen LogP contribution < -0.4 is 0 Å². The van der Waals surface area contributed by atoms with Gasteiger partial charge in [-0.2, -0.15) is 0 Å². The quantitative estimate of drug-likeness (QED) is 0.254. The standard InChI is InChI=1S/C37H66O2Si/c1-12-40(13-2,14-3)39-31-18-19-34(9)29(33(31,7)8)17-20-36(11)30(34)16-15-27-28-25-32(5,6)21-23-37(28,26(4)38)24-22-35(27,36)10/h15,26,28-31,38H,12-14,16-25H2,1-11H3/t26-,28+,29?,30?,31?,34+,35+,36-,37?/m1/s1. The lowest BCUT2D eigenvalue weighted by atomic mass is 9.33. The highest BCUT2D eigenvalue weighted by Crippen LogP contribution is 2.76. The predicted octanol–water partition coefficient (Wildman–Crippen LogP) is 10.6. The van der Waals surface area contributed by atoms with Crippen molar-refractivity contribution in [2.45, 2.75) is 171 Å². The van der Waals surface area contributed by atoms with Crippen molar-refractivity contribution in [1.82, 2.24) is 0 Å². The first-order valence-corrected chi connectivity index (χ1v) is 20.1. The fourth-order valence-corrected chi connectivity index (χ4v) is 15.5. The molecular weight excluding hydrogens is 504 g/mol. The van der Waals surface area contributed by atoms with Crippen LogP contribution in [0.2, 0.25) is 18.1 Å². The van der Waals surface area contributed by atoms with Gasteiger partial charge in [0.25, 0.3) is 0 Å². The normalized spacial score (nSPS) is 46.8.